The van der Waals surface area contributed by atoms with E-state index in [1.165, 1.54) is 4.68 Å². The van der Waals surface area contributed by atoms with E-state index in [1.807, 2.05) is 54.6 Å². The lowest BCUT2D eigenvalue weighted by Crippen LogP contribution is -2.46. The van der Waals surface area contributed by atoms with E-state index in [2.05, 4.69) is 19.9 Å². The van der Waals surface area contributed by atoms with Crippen molar-refractivity contribution in [3.05, 3.63) is 94.1 Å². The Labute approximate surface area is 226 Å². The number of anilines is 2. The molecule has 0 bridgehead atoms. The van der Waals surface area contributed by atoms with E-state index in [1.54, 1.807) is 30.1 Å². The third-order valence-corrected chi connectivity index (χ3v) is 7.10. The predicted molar refractivity (Wildman–Crippen MR) is 149 cm³/mol. The Morgan fingerprint density at radius 2 is 1.63 bits per heavy atom. The lowest BCUT2D eigenvalue weighted by molar-refractivity contribution is 0.162. The van der Waals surface area contributed by atoms with Crippen molar-refractivity contribution in [2.45, 2.75) is 25.5 Å². The molecule has 0 amide bonds. The highest BCUT2D eigenvalue weighted by molar-refractivity contribution is 6.30. The largest absolute Gasteiger partial charge is 0.481 e. The van der Waals surface area contributed by atoms with Crippen molar-refractivity contribution in [3.8, 4) is 11.6 Å². The first-order chi connectivity index (χ1) is 18.5. The molecule has 1 fully saturated rings. The van der Waals surface area contributed by atoms with E-state index < -0.39 is 6.10 Å². The van der Waals surface area contributed by atoms with E-state index in [-0.39, 0.29) is 5.69 Å². The number of aryl methyl sites for hydroxylation is 1. The number of nitrogens with zero attached hydrogens (tertiary/aromatic N) is 6. The van der Waals surface area contributed by atoms with Crippen molar-refractivity contribution in [3.63, 3.8) is 0 Å². The van der Waals surface area contributed by atoms with Crippen LogP contribution in [0.1, 0.15) is 24.5 Å². The van der Waals surface area contributed by atoms with Gasteiger partial charge in [-0.3, -0.25) is 0 Å². The van der Waals surface area contributed by atoms with Crippen LogP contribution in [-0.4, -0.2) is 57.7 Å². The molecular weight excluding hydrogens is 504 g/mol. The summed E-state index contributed by atoms with van der Waals surface area (Å²) >= 11 is 5.91. The van der Waals surface area contributed by atoms with Gasteiger partial charge in [-0.25, -0.2) is 14.0 Å². The Morgan fingerprint density at radius 1 is 0.947 bits per heavy atom. The van der Waals surface area contributed by atoms with Crippen LogP contribution in [0.5, 0.6) is 5.88 Å². The fourth-order valence-corrected chi connectivity index (χ4v) is 4.79. The number of rotatable bonds is 9. The summed E-state index contributed by atoms with van der Waals surface area (Å²) in [6.07, 6.45) is 2.09. The van der Waals surface area contributed by atoms with Crippen LogP contribution in [0.3, 0.4) is 0 Å². The van der Waals surface area contributed by atoms with Gasteiger partial charge in [-0.2, -0.15) is 10.1 Å². The van der Waals surface area contributed by atoms with E-state index in [0.717, 1.165) is 48.9 Å². The predicted octanol–water partition coefficient (Wildman–Crippen LogP) is 3.93. The number of aliphatic hydroxyl groups is 1. The Bertz CT molecular complexity index is 1400. The molecule has 1 N–H and O–H groups in total. The zero-order chi connectivity index (χ0) is 26.5. The molecule has 9 nitrogen and oxygen atoms in total. The molecule has 1 aliphatic heterocycles. The molecule has 4 aromatic rings. The Morgan fingerprint density at radius 3 is 2.34 bits per heavy atom. The van der Waals surface area contributed by atoms with Crippen LogP contribution in [0.25, 0.3) is 5.69 Å². The molecule has 3 heterocycles. The first-order valence-electron chi connectivity index (χ1n) is 12.7. The summed E-state index contributed by atoms with van der Waals surface area (Å²) in [5, 5.41) is 15.3. The highest BCUT2D eigenvalue weighted by Crippen LogP contribution is 2.23. The summed E-state index contributed by atoms with van der Waals surface area (Å²) in [5.41, 5.74) is 2.50. The van der Waals surface area contributed by atoms with Gasteiger partial charge in [0, 0.05) is 49.5 Å². The molecule has 198 valence electrons. The minimum Gasteiger partial charge on any atom is -0.481 e. The number of hydrogen-bond donors (Lipinski definition) is 1. The maximum absolute atomic E-state index is 12.9. The maximum atomic E-state index is 12.9. The molecule has 0 saturated carbocycles. The van der Waals surface area contributed by atoms with Gasteiger partial charge in [0.05, 0.1) is 18.9 Å². The topological polar surface area (TPSA) is 88.6 Å². The Balaban J connectivity index is 1.16. The van der Waals surface area contributed by atoms with E-state index in [9.17, 15) is 9.90 Å². The average Bonchev–Trinajstić information content (AvgIpc) is 3.33. The lowest BCUT2D eigenvalue weighted by atomic mass is 10.1. The molecule has 2 aromatic heterocycles. The van der Waals surface area contributed by atoms with Gasteiger partial charge in [-0.1, -0.05) is 29.8 Å². The molecule has 0 spiro atoms. The van der Waals surface area contributed by atoms with Crippen LogP contribution in [0.4, 0.5) is 11.5 Å². The molecule has 1 aliphatic rings. The first-order valence-corrected chi connectivity index (χ1v) is 13.1. The number of piperazine rings is 1. The second-order valence-electron chi connectivity index (χ2n) is 9.24. The highest BCUT2D eigenvalue weighted by Gasteiger charge is 2.19. The lowest BCUT2D eigenvalue weighted by Gasteiger charge is -2.36. The fourth-order valence-electron chi connectivity index (χ4n) is 4.67. The molecular formula is C28H31ClN6O3. The van der Waals surface area contributed by atoms with E-state index >= 15 is 0 Å². The maximum Gasteiger partial charge on any atom is 0.350 e. The summed E-state index contributed by atoms with van der Waals surface area (Å²) in [6.45, 7) is 3.90. The van der Waals surface area contributed by atoms with Crippen LogP contribution in [-0.2, 0) is 6.54 Å². The third kappa shape index (κ3) is 5.84. The van der Waals surface area contributed by atoms with E-state index in [0.29, 0.717) is 30.3 Å². The first kappa shape index (κ1) is 25.8. The van der Waals surface area contributed by atoms with Crippen molar-refractivity contribution in [1.82, 2.24) is 19.3 Å². The van der Waals surface area contributed by atoms with E-state index in [4.69, 9.17) is 16.3 Å². The second kappa shape index (κ2) is 11.7. The van der Waals surface area contributed by atoms with Gasteiger partial charge in [0.15, 0.2) is 0 Å². The standard InChI is InChI=1S/C28H31ClN6O3/c1-38-27-6-2-5-26(31-27)33-18-16-32(17-19-33)23-11-13-24(14-12-23)34-20-30-35(28(34)37)15-3-4-25(36)21-7-9-22(29)10-8-21/h2,5-14,20,25,36H,3-4,15-19H2,1H3. The number of aromatic nitrogens is 4. The Kier molecular flexibility index (Phi) is 7.95. The highest BCUT2D eigenvalue weighted by atomic mass is 35.5. The smallest absolute Gasteiger partial charge is 0.350 e. The zero-order valence-corrected chi connectivity index (χ0v) is 22.0. The normalized spacial score (nSPS) is 14.5. The van der Waals surface area contributed by atoms with Crippen LogP contribution < -0.4 is 20.2 Å². The van der Waals surface area contributed by atoms with Crippen molar-refractivity contribution >= 4 is 23.1 Å². The van der Waals surface area contributed by atoms with Crippen molar-refractivity contribution < 1.29 is 9.84 Å². The molecule has 1 unspecified atom stereocenters. The number of benzene rings is 2. The van der Waals surface area contributed by atoms with Crippen LogP contribution >= 0.6 is 11.6 Å². The summed E-state index contributed by atoms with van der Waals surface area (Å²) in [5.74, 6) is 1.55. The monoisotopic (exact) mass is 534 g/mol. The molecule has 38 heavy (non-hydrogen) atoms. The minimum absolute atomic E-state index is 0.196. The van der Waals surface area contributed by atoms with Gasteiger partial charge in [0.25, 0.3) is 0 Å². The number of ether oxygens (including phenoxy) is 1. The van der Waals surface area contributed by atoms with Crippen molar-refractivity contribution in [2.75, 3.05) is 43.1 Å². The van der Waals surface area contributed by atoms with Gasteiger partial charge < -0.3 is 19.6 Å². The summed E-state index contributed by atoms with van der Waals surface area (Å²) < 4.78 is 8.24. The van der Waals surface area contributed by atoms with Crippen LogP contribution in [0.15, 0.2) is 77.9 Å². The second-order valence-corrected chi connectivity index (χ2v) is 9.68. The average molecular weight is 535 g/mol. The van der Waals surface area contributed by atoms with Gasteiger partial charge in [0.1, 0.15) is 12.1 Å². The molecule has 1 saturated heterocycles. The molecule has 10 heteroatoms. The SMILES string of the molecule is COc1cccc(N2CCN(c3ccc(-n4cnn(CCCC(O)c5ccc(Cl)cc5)c4=O)cc3)CC2)n1. The molecule has 1 atom stereocenters. The van der Waals surface area contributed by atoms with Gasteiger partial charge in [-0.05, 0) is 60.9 Å². The molecule has 0 radical (unpaired) electrons. The van der Waals surface area contributed by atoms with Crippen molar-refractivity contribution in [2.24, 2.45) is 0 Å². The van der Waals surface area contributed by atoms with Crippen molar-refractivity contribution in [1.29, 1.82) is 0 Å². The minimum atomic E-state index is -0.605. The zero-order valence-electron chi connectivity index (χ0n) is 21.3. The number of aliphatic hydroxyl groups excluding tert-OH is 1. The molecule has 2 aromatic carbocycles. The summed E-state index contributed by atoms with van der Waals surface area (Å²) in [7, 11) is 1.63. The van der Waals surface area contributed by atoms with Gasteiger partial charge in [0.2, 0.25) is 5.88 Å². The fraction of sp³-hybridized carbons (Fsp3) is 0.321. The summed E-state index contributed by atoms with van der Waals surface area (Å²) in [4.78, 5) is 22.0. The Hall–Kier alpha value is -3.82. The van der Waals surface area contributed by atoms with Gasteiger partial charge >= 0.3 is 5.69 Å². The van der Waals surface area contributed by atoms with Gasteiger partial charge in [-0.15, -0.1) is 0 Å². The van der Waals surface area contributed by atoms with Crippen LogP contribution in [0, 0.1) is 0 Å². The molecule has 5 rings (SSSR count). The van der Waals surface area contributed by atoms with Crippen LogP contribution in [0.2, 0.25) is 5.02 Å². The number of pyridine rings is 1. The third-order valence-electron chi connectivity index (χ3n) is 6.85. The summed E-state index contributed by atoms with van der Waals surface area (Å²) in [6, 6.07) is 20.9. The quantitative estimate of drug-likeness (QED) is 0.348. The number of halogens is 1. The number of hydrogen-bond acceptors (Lipinski definition) is 7. The molecule has 0 aliphatic carbocycles. The number of methoxy groups -OCH3 is 1.